The molecule has 0 fully saturated rings. The number of ether oxygens (including phenoxy) is 3. The third kappa shape index (κ3) is 4.55. The summed E-state index contributed by atoms with van der Waals surface area (Å²) in [4.78, 5) is -0.319. The standard InChI is InChI=1S/C19H19NO5S/c1-23-16-7-4-14(5-8-16)13-26(21,22)17(12-20)10-15-6-9-18(24-2)19(11-15)25-3/h4-11H,13H2,1-3H3. The minimum Gasteiger partial charge on any atom is -0.497 e. The van der Waals surface area contributed by atoms with Crippen LogP contribution in [0.2, 0.25) is 0 Å². The maximum absolute atomic E-state index is 12.6. The van der Waals surface area contributed by atoms with Gasteiger partial charge in [0.15, 0.2) is 21.3 Å². The van der Waals surface area contributed by atoms with Crippen molar-refractivity contribution in [2.75, 3.05) is 21.3 Å². The summed E-state index contributed by atoms with van der Waals surface area (Å²) in [6, 6.07) is 13.3. The number of hydrogen-bond donors (Lipinski definition) is 0. The van der Waals surface area contributed by atoms with Crippen molar-refractivity contribution in [3.05, 3.63) is 58.5 Å². The molecule has 0 aliphatic heterocycles. The smallest absolute Gasteiger partial charge is 0.192 e. The predicted octanol–water partition coefficient (Wildman–Crippen LogP) is 3.19. The van der Waals surface area contributed by atoms with Crippen molar-refractivity contribution in [1.82, 2.24) is 0 Å². The molecule has 26 heavy (non-hydrogen) atoms. The second-order valence-corrected chi connectivity index (χ2v) is 7.30. The van der Waals surface area contributed by atoms with Crippen molar-refractivity contribution < 1.29 is 22.6 Å². The molecule has 0 unspecified atom stereocenters. The van der Waals surface area contributed by atoms with E-state index in [4.69, 9.17) is 14.2 Å². The van der Waals surface area contributed by atoms with E-state index in [1.54, 1.807) is 48.5 Å². The Hall–Kier alpha value is -2.98. The van der Waals surface area contributed by atoms with Crippen LogP contribution in [-0.4, -0.2) is 29.7 Å². The Kier molecular flexibility index (Phi) is 6.26. The van der Waals surface area contributed by atoms with Gasteiger partial charge >= 0.3 is 0 Å². The van der Waals surface area contributed by atoms with Gasteiger partial charge in [0, 0.05) is 0 Å². The zero-order valence-electron chi connectivity index (χ0n) is 14.7. The van der Waals surface area contributed by atoms with E-state index in [1.165, 1.54) is 27.4 Å². The lowest BCUT2D eigenvalue weighted by molar-refractivity contribution is 0.355. The summed E-state index contributed by atoms with van der Waals surface area (Å²) in [6.45, 7) is 0. The van der Waals surface area contributed by atoms with E-state index in [2.05, 4.69) is 0 Å². The van der Waals surface area contributed by atoms with Gasteiger partial charge in [0.25, 0.3) is 0 Å². The van der Waals surface area contributed by atoms with Crippen LogP contribution in [0.25, 0.3) is 6.08 Å². The zero-order valence-corrected chi connectivity index (χ0v) is 15.5. The number of hydrogen-bond acceptors (Lipinski definition) is 6. The van der Waals surface area contributed by atoms with E-state index in [0.717, 1.165) is 0 Å². The van der Waals surface area contributed by atoms with Crippen molar-refractivity contribution >= 4 is 15.9 Å². The molecule has 0 saturated carbocycles. The third-order valence-corrected chi connectivity index (χ3v) is 5.26. The molecule has 7 heteroatoms. The number of allylic oxidation sites excluding steroid dienone is 1. The number of methoxy groups -OCH3 is 3. The van der Waals surface area contributed by atoms with Crippen molar-refractivity contribution in [3.63, 3.8) is 0 Å². The van der Waals surface area contributed by atoms with E-state index >= 15 is 0 Å². The molecule has 136 valence electrons. The maximum Gasteiger partial charge on any atom is 0.192 e. The first-order chi connectivity index (χ1) is 12.4. The van der Waals surface area contributed by atoms with Gasteiger partial charge in [-0.1, -0.05) is 18.2 Å². The van der Waals surface area contributed by atoms with Crippen LogP contribution in [0.1, 0.15) is 11.1 Å². The van der Waals surface area contributed by atoms with Crippen molar-refractivity contribution in [2.45, 2.75) is 5.75 Å². The van der Waals surface area contributed by atoms with Crippen LogP contribution in [0.5, 0.6) is 17.2 Å². The molecule has 0 aliphatic carbocycles. The first-order valence-corrected chi connectivity index (χ1v) is 9.28. The number of benzene rings is 2. The van der Waals surface area contributed by atoms with Gasteiger partial charge in [-0.3, -0.25) is 0 Å². The Morgan fingerprint density at radius 1 is 1.00 bits per heavy atom. The molecule has 0 aromatic heterocycles. The molecule has 6 nitrogen and oxygen atoms in total. The first-order valence-electron chi connectivity index (χ1n) is 7.63. The van der Waals surface area contributed by atoms with Crippen LogP contribution < -0.4 is 14.2 Å². The summed E-state index contributed by atoms with van der Waals surface area (Å²) in [7, 11) is 0.732. The summed E-state index contributed by atoms with van der Waals surface area (Å²) in [5.74, 6) is 1.33. The van der Waals surface area contributed by atoms with Gasteiger partial charge in [0.2, 0.25) is 0 Å². The highest BCUT2D eigenvalue weighted by Gasteiger charge is 2.19. The zero-order chi connectivity index (χ0) is 19.2. The van der Waals surface area contributed by atoms with Crippen molar-refractivity contribution in [2.24, 2.45) is 0 Å². The van der Waals surface area contributed by atoms with Gasteiger partial charge in [0.1, 0.15) is 16.7 Å². The molecule has 2 rings (SSSR count). The number of nitriles is 1. The quantitative estimate of drug-likeness (QED) is 0.693. The predicted molar refractivity (Wildman–Crippen MR) is 98.8 cm³/mol. The fourth-order valence-electron chi connectivity index (χ4n) is 2.30. The Morgan fingerprint density at radius 2 is 1.65 bits per heavy atom. The van der Waals surface area contributed by atoms with Gasteiger partial charge in [0.05, 0.1) is 27.1 Å². The number of sulfone groups is 1. The topological polar surface area (TPSA) is 85.6 Å². The molecule has 0 spiro atoms. The van der Waals surface area contributed by atoms with E-state index in [1.807, 2.05) is 0 Å². The van der Waals surface area contributed by atoms with Gasteiger partial charge in [-0.05, 0) is 41.5 Å². The Bertz CT molecular complexity index is 941. The lowest BCUT2D eigenvalue weighted by Gasteiger charge is -2.08. The lowest BCUT2D eigenvalue weighted by atomic mass is 10.2. The number of rotatable bonds is 7. The van der Waals surface area contributed by atoms with E-state index < -0.39 is 9.84 Å². The SMILES string of the molecule is COc1ccc(CS(=O)(=O)C(C#N)=Cc2ccc(OC)c(OC)c2)cc1. The molecule has 2 aromatic rings. The minimum atomic E-state index is -3.79. The monoisotopic (exact) mass is 373 g/mol. The maximum atomic E-state index is 12.6. The summed E-state index contributed by atoms with van der Waals surface area (Å²) < 4.78 is 40.6. The molecular weight excluding hydrogens is 354 g/mol. The van der Waals surface area contributed by atoms with Crippen molar-refractivity contribution in [1.29, 1.82) is 5.26 Å². The summed E-state index contributed by atoms with van der Waals surface area (Å²) in [5, 5.41) is 9.34. The Morgan fingerprint density at radius 3 is 2.19 bits per heavy atom. The van der Waals surface area contributed by atoms with E-state index in [-0.39, 0.29) is 10.7 Å². The molecule has 2 aromatic carbocycles. The summed E-state index contributed by atoms with van der Waals surface area (Å²) in [6.07, 6.45) is 1.32. The second kappa shape index (κ2) is 8.41. The molecule has 0 N–H and O–H groups in total. The highest BCUT2D eigenvalue weighted by Crippen LogP contribution is 2.29. The van der Waals surface area contributed by atoms with Crippen LogP contribution in [0.4, 0.5) is 0 Å². The number of nitrogens with zero attached hydrogens (tertiary/aromatic N) is 1. The van der Waals surface area contributed by atoms with Crippen LogP contribution in [0.3, 0.4) is 0 Å². The average molecular weight is 373 g/mol. The van der Waals surface area contributed by atoms with Gasteiger partial charge < -0.3 is 14.2 Å². The third-order valence-electron chi connectivity index (χ3n) is 3.67. The van der Waals surface area contributed by atoms with Crippen LogP contribution in [0.15, 0.2) is 47.4 Å². The van der Waals surface area contributed by atoms with Crippen LogP contribution in [0, 0.1) is 11.3 Å². The highest BCUT2D eigenvalue weighted by atomic mass is 32.2. The molecule has 0 atom stereocenters. The lowest BCUT2D eigenvalue weighted by Crippen LogP contribution is -2.06. The molecule has 0 amide bonds. The first kappa shape index (κ1) is 19.3. The van der Waals surface area contributed by atoms with Crippen LogP contribution >= 0.6 is 0 Å². The molecule has 0 heterocycles. The van der Waals surface area contributed by atoms with Gasteiger partial charge in [-0.25, -0.2) is 8.42 Å². The normalized spacial score (nSPS) is 11.5. The highest BCUT2D eigenvalue weighted by molar-refractivity contribution is 7.95. The van der Waals surface area contributed by atoms with E-state index in [9.17, 15) is 13.7 Å². The molecule has 0 aliphatic rings. The summed E-state index contributed by atoms with van der Waals surface area (Å²) in [5.41, 5.74) is 1.09. The molecule has 0 radical (unpaired) electrons. The van der Waals surface area contributed by atoms with Gasteiger partial charge in [-0.2, -0.15) is 5.26 Å². The van der Waals surface area contributed by atoms with E-state index in [0.29, 0.717) is 28.4 Å². The average Bonchev–Trinajstić information content (AvgIpc) is 2.65. The molecule has 0 bridgehead atoms. The van der Waals surface area contributed by atoms with Gasteiger partial charge in [-0.15, -0.1) is 0 Å². The fraction of sp³-hybridized carbons (Fsp3) is 0.211. The Labute approximate surface area is 153 Å². The molecule has 0 saturated heterocycles. The van der Waals surface area contributed by atoms with Crippen LogP contribution in [-0.2, 0) is 15.6 Å². The Balaban J connectivity index is 2.33. The van der Waals surface area contributed by atoms with Crippen molar-refractivity contribution in [3.8, 4) is 23.3 Å². The largest absolute Gasteiger partial charge is 0.497 e. The minimum absolute atomic E-state index is 0.274. The fourth-order valence-corrected chi connectivity index (χ4v) is 3.55. The second-order valence-electron chi connectivity index (χ2n) is 5.34. The summed E-state index contributed by atoms with van der Waals surface area (Å²) >= 11 is 0. The molecular formula is C19H19NO5S.